The van der Waals surface area contributed by atoms with E-state index < -0.39 is 0 Å². The molecule has 7 heteroatoms. The van der Waals surface area contributed by atoms with Gasteiger partial charge in [-0.2, -0.15) is 0 Å². The Morgan fingerprint density at radius 1 is 1.05 bits per heavy atom. The highest BCUT2D eigenvalue weighted by atomic mass is 16.1. The molecule has 116 valence electrons. The van der Waals surface area contributed by atoms with E-state index in [1.54, 1.807) is 7.05 Å². The fourth-order valence-electron chi connectivity index (χ4n) is 2.15. The number of carbonyl (C=O) groups is 2. The second-order valence-electron chi connectivity index (χ2n) is 4.92. The topological polar surface area (TPSA) is 76.7 Å². The maximum atomic E-state index is 11.4. The predicted molar refractivity (Wildman–Crippen MR) is 78.8 cm³/mol. The van der Waals surface area contributed by atoms with Crippen LogP contribution in [0.2, 0.25) is 0 Å². The Bertz CT molecular complexity index is 274. The van der Waals surface area contributed by atoms with Crippen molar-refractivity contribution in [2.75, 3.05) is 72.5 Å². The van der Waals surface area contributed by atoms with E-state index in [-0.39, 0.29) is 5.91 Å². The molecule has 1 fully saturated rings. The van der Waals surface area contributed by atoms with Gasteiger partial charge in [0.05, 0.1) is 13.1 Å². The number of amides is 1. The average molecular weight is 285 g/mol. The largest absolute Gasteiger partial charge is 0.358 e. The molecule has 0 atom stereocenters. The zero-order chi connectivity index (χ0) is 14.6. The lowest BCUT2D eigenvalue weighted by atomic mass is 10.3. The summed E-state index contributed by atoms with van der Waals surface area (Å²) in [6.45, 7) is 7.81. The molecular formula is C13H27N5O2. The molecule has 0 bridgehead atoms. The predicted octanol–water partition coefficient (Wildman–Crippen LogP) is -2.27. The van der Waals surface area contributed by atoms with Crippen LogP contribution in [0.15, 0.2) is 0 Å². The summed E-state index contributed by atoms with van der Waals surface area (Å²) in [7, 11) is 1.66. The molecule has 1 heterocycles. The molecule has 0 aromatic rings. The molecule has 0 aliphatic carbocycles. The third kappa shape index (κ3) is 7.54. The molecule has 0 aromatic heterocycles. The molecule has 1 aliphatic heterocycles. The number of nitrogens with zero attached hydrogens (tertiary/aromatic N) is 2. The Morgan fingerprint density at radius 2 is 1.55 bits per heavy atom. The van der Waals surface area contributed by atoms with E-state index in [0.717, 1.165) is 58.6 Å². The summed E-state index contributed by atoms with van der Waals surface area (Å²) < 4.78 is 0. The van der Waals surface area contributed by atoms with Crippen LogP contribution in [0.1, 0.15) is 0 Å². The summed E-state index contributed by atoms with van der Waals surface area (Å²) >= 11 is 0. The van der Waals surface area contributed by atoms with Crippen molar-refractivity contribution >= 4 is 12.2 Å². The van der Waals surface area contributed by atoms with E-state index in [1.807, 2.05) is 0 Å². The van der Waals surface area contributed by atoms with Crippen LogP contribution in [-0.4, -0.2) is 94.5 Å². The first kappa shape index (κ1) is 17.0. The smallest absolute Gasteiger partial charge is 0.233 e. The van der Waals surface area contributed by atoms with Gasteiger partial charge in [-0.25, -0.2) is 0 Å². The van der Waals surface area contributed by atoms with Crippen molar-refractivity contribution in [1.29, 1.82) is 0 Å². The van der Waals surface area contributed by atoms with Gasteiger partial charge in [0.15, 0.2) is 0 Å². The Kier molecular flexibility index (Phi) is 9.14. The molecule has 0 aromatic carbocycles. The Hall–Kier alpha value is -1.02. The van der Waals surface area contributed by atoms with Crippen LogP contribution >= 0.6 is 0 Å². The summed E-state index contributed by atoms with van der Waals surface area (Å²) in [6.07, 6.45) is 0.955. The quantitative estimate of drug-likeness (QED) is 0.506. The first-order valence-electron chi connectivity index (χ1n) is 7.26. The van der Waals surface area contributed by atoms with Gasteiger partial charge in [0.25, 0.3) is 0 Å². The van der Waals surface area contributed by atoms with Crippen LogP contribution in [0.3, 0.4) is 0 Å². The van der Waals surface area contributed by atoms with Gasteiger partial charge in [-0.05, 0) is 0 Å². The fraction of sp³-hybridized carbons (Fsp3) is 0.846. The van der Waals surface area contributed by atoms with Crippen LogP contribution in [0.5, 0.6) is 0 Å². The standard InChI is InChI=1S/C13H27N5O2/c1-14-13(20)12-18-8-4-15-2-6-17(10-11-19)7-3-16-5-9-18/h11,15-16H,2-10,12H2,1H3,(H,14,20). The lowest BCUT2D eigenvalue weighted by Crippen LogP contribution is -2.45. The van der Waals surface area contributed by atoms with E-state index in [9.17, 15) is 9.59 Å². The van der Waals surface area contributed by atoms with Gasteiger partial charge >= 0.3 is 0 Å². The second-order valence-corrected chi connectivity index (χ2v) is 4.92. The monoisotopic (exact) mass is 285 g/mol. The number of carbonyl (C=O) groups excluding carboxylic acids is 2. The number of hydrogen-bond acceptors (Lipinski definition) is 6. The van der Waals surface area contributed by atoms with E-state index in [1.165, 1.54) is 0 Å². The molecule has 7 nitrogen and oxygen atoms in total. The van der Waals surface area contributed by atoms with Crippen molar-refractivity contribution in [2.45, 2.75) is 0 Å². The van der Waals surface area contributed by atoms with Crippen LogP contribution in [0, 0.1) is 0 Å². The van der Waals surface area contributed by atoms with Gasteiger partial charge in [0.2, 0.25) is 5.91 Å². The molecule has 3 N–H and O–H groups in total. The van der Waals surface area contributed by atoms with Gasteiger partial charge in [-0.15, -0.1) is 0 Å². The van der Waals surface area contributed by atoms with Crippen molar-refractivity contribution in [3.8, 4) is 0 Å². The fourth-order valence-corrected chi connectivity index (χ4v) is 2.15. The molecule has 0 saturated carbocycles. The molecule has 1 aliphatic rings. The third-order valence-corrected chi connectivity index (χ3v) is 3.40. The number of likely N-dealkylation sites (N-methyl/N-ethyl adjacent to an activating group) is 1. The molecule has 1 saturated heterocycles. The van der Waals surface area contributed by atoms with Gasteiger partial charge in [-0.1, -0.05) is 0 Å². The average Bonchev–Trinajstić information content (AvgIpc) is 2.43. The van der Waals surface area contributed by atoms with Crippen molar-refractivity contribution in [3.05, 3.63) is 0 Å². The van der Waals surface area contributed by atoms with Gasteiger partial charge in [-0.3, -0.25) is 14.6 Å². The summed E-state index contributed by atoms with van der Waals surface area (Å²) in [5, 5.41) is 9.38. The van der Waals surface area contributed by atoms with Crippen molar-refractivity contribution in [2.24, 2.45) is 0 Å². The first-order chi connectivity index (χ1) is 9.76. The Morgan fingerprint density at radius 3 is 2.00 bits per heavy atom. The van der Waals surface area contributed by atoms with Crippen molar-refractivity contribution in [3.63, 3.8) is 0 Å². The van der Waals surface area contributed by atoms with Crippen molar-refractivity contribution in [1.82, 2.24) is 25.8 Å². The normalized spacial score (nSPS) is 20.6. The van der Waals surface area contributed by atoms with E-state index in [0.29, 0.717) is 13.1 Å². The highest BCUT2D eigenvalue weighted by Gasteiger charge is 2.10. The molecule has 0 spiro atoms. The SMILES string of the molecule is CNC(=O)CN1CCNCCN(CC=O)CCNCC1. The van der Waals surface area contributed by atoms with Crippen molar-refractivity contribution < 1.29 is 9.59 Å². The Balaban J connectivity index is 2.36. The first-order valence-corrected chi connectivity index (χ1v) is 7.26. The van der Waals surface area contributed by atoms with Crippen LogP contribution in [0.4, 0.5) is 0 Å². The molecule has 1 amide bonds. The molecule has 20 heavy (non-hydrogen) atoms. The van der Waals surface area contributed by atoms with Crippen LogP contribution < -0.4 is 16.0 Å². The minimum Gasteiger partial charge on any atom is -0.358 e. The summed E-state index contributed by atoms with van der Waals surface area (Å²) in [5.74, 6) is 0.0502. The highest BCUT2D eigenvalue weighted by Crippen LogP contribution is 1.89. The van der Waals surface area contributed by atoms with Gasteiger partial charge < -0.3 is 20.7 Å². The van der Waals surface area contributed by atoms with Crippen LogP contribution in [-0.2, 0) is 9.59 Å². The molecule has 0 radical (unpaired) electrons. The lowest BCUT2D eigenvalue weighted by Gasteiger charge is -2.25. The van der Waals surface area contributed by atoms with E-state index in [2.05, 4.69) is 25.8 Å². The number of aldehydes is 1. The van der Waals surface area contributed by atoms with E-state index >= 15 is 0 Å². The minimum absolute atomic E-state index is 0.0502. The zero-order valence-electron chi connectivity index (χ0n) is 12.4. The number of nitrogens with one attached hydrogen (secondary N) is 3. The maximum Gasteiger partial charge on any atom is 0.233 e. The second kappa shape index (κ2) is 10.7. The third-order valence-electron chi connectivity index (χ3n) is 3.40. The van der Waals surface area contributed by atoms with Gasteiger partial charge in [0, 0.05) is 59.4 Å². The molecule has 0 unspecified atom stereocenters. The van der Waals surface area contributed by atoms with Crippen LogP contribution in [0.25, 0.3) is 0 Å². The number of rotatable bonds is 4. The van der Waals surface area contributed by atoms with E-state index in [4.69, 9.17) is 0 Å². The summed E-state index contributed by atoms with van der Waals surface area (Å²) in [4.78, 5) is 26.3. The molecule has 1 rings (SSSR count). The molecular weight excluding hydrogens is 258 g/mol. The lowest BCUT2D eigenvalue weighted by molar-refractivity contribution is -0.121. The number of hydrogen-bond donors (Lipinski definition) is 3. The summed E-state index contributed by atoms with van der Waals surface area (Å²) in [6, 6.07) is 0. The minimum atomic E-state index is 0.0502. The zero-order valence-corrected chi connectivity index (χ0v) is 12.4. The Labute approximate surface area is 121 Å². The highest BCUT2D eigenvalue weighted by molar-refractivity contribution is 5.77. The maximum absolute atomic E-state index is 11.4. The van der Waals surface area contributed by atoms with Gasteiger partial charge in [0.1, 0.15) is 6.29 Å². The summed E-state index contributed by atoms with van der Waals surface area (Å²) in [5.41, 5.74) is 0.